The monoisotopic (exact) mass is 192 g/mol. The van der Waals surface area contributed by atoms with Crippen LogP contribution in [0.3, 0.4) is 0 Å². The maximum atomic E-state index is 6.38. The van der Waals surface area contributed by atoms with Crippen LogP contribution in [0.15, 0.2) is 24.3 Å². The summed E-state index contributed by atoms with van der Waals surface area (Å²) in [5.41, 5.74) is 3.33. The molecule has 1 saturated carbocycles. The Labute approximate surface area is 83.9 Å². The van der Waals surface area contributed by atoms with Crippen LogP contribution in [0.25, 0.3) is 0 Å². The Morgan fingerprint density at radius 1 is 1.38 bits per heavy atom. The van der Waals surface area contributed by atoms with Crippen molar-refractivity contribution >= 4 is 11.6 Å². The van der Waals surface area contributed by atoms with Gasteiger partial charge in [-0.05, 0) is 29.9 Å². The van der Waals surface area contributed by atoms with Crippen molar-refractivity contribution in [3.63, 3.8) is 0 Å². The van der Waals surface area contributed by atoms with Crippen molar-refractivity contribution < 1.29 is 0 Å². The summed E-state index contributed by atoms with van der Waals surface area (Å²) in [6, 6.07) is 8.80. The predicted octanol–water partition coefficient (Wildman–Crippen LogP) is 3.44. The molecule has 0 aromatic heterocycles. The number of benzene rings is 1. The van der Waals surface area contributed by atoms with Crippen LogP contribution in [0, 0.1) is 0 Å². The van der Waals surface area contributed by atoms with Gasteiger partial charge in [0.05, 0.1) is 0 Å². The Kier molecular flexibility index (Phi) is 1.39. The average Bonchev–Trinajstić information content (AvgIpc) is 2.57. The summed E-state index contributed by atoms with van der Waals surface area (Å²) in [6.07, 6.45) is 2.44. The molecule has 0 spiro atoms. The quantitative estimate of drug-likeness (QED) is 0.553. The van der Waals surface area contributed by atoms with Gasteiger partial charge in [-0.25, -0.2) is 0 Å². The molecule has 0 amide bonds. The topological polar surface area (TPSA) is 0 Å². The molecule has 0 aliphatic heterocycles. The van der Waals surface area contributed by atoms with E-state index in [1.165, 1.54) is 18.4 Å². The third-order valence-corrected chi connectivity index (χ3v) is 4.53. The Bertz CT molecular complexity index is 358. The fourth-order valence-electron chi connectivity index (χ4n) is 3.12. The second-order valence-electron chi connectivity index (χ2n) is 4.61. The fourth-order valence-corrected chi connectivity index (χ4v) is 3.54. The zero-order valence-electron chi connectivity index (χ0n) is 7.76. The first-order chi connectivity index (χ1) is 6.22. The lowest BCUT2D eigenvalue weighted by atomic mass is 9.81. The molecule has 68 valence electrons. The summed E-state index contributed by atoms with van der Waals surface area (Å²) in [7, 11) is 0. The first-order valence-corrected chi connectivity index (χ1v) is 5.39. The van der Waals surface area contributed by atoms with Crippen molar-refractivity contribution in [3.8, 4) is 0 Å². The molecule has 0 radical (unpaired) electrons. The van der Waals surface area contributed by atoms with E-state index >= 15 is 0 Å². The molecular formula is C12H13Cl. The lowest BCUT2D eigenvalue weighted by molar-refractivity contribution is 0.513. The highest BCUT2D eigenvalue weighted by Gasteiger charge is 2.51. The number of hydrogen-bond donors (Lipinski definition) is 0. The molecule has 0 N–H and O–H groups in total. The Morgan fingerprint density at radius 3 is 3.00 bits per heavy atom. The second kappa shape index (κ2) is 2.30. The summed E-state index contributed by atoms with van der Waals surface area (Å²) in [5, 5.41) is 0.354. The van der Waals surface area contributed by atoms with Crippen LogP contribution >= 0.6 is 11.6 Å². The molecule has 0 saturated heterocycles. The van der Waals surface area contributed by atoms with Crippen molar-refractivity contribution in [2.75, 3.05) is 0 Å². The van der Waals surface area contributed by atoms with Gasteiger partial charge in [0.2, 0.25) is 0 Å². The van der Waals surface area contributed by atoms with Gasteiger partial charge >= 0.3 is 0 Å². The zero-order valence-corrected chi connectivity index (χ0v) is 8.51. The van der Waals surface area contributed by atoms with Gasteiger partial charge in [-0.2, -0.15) is 0 Å². The maximum Gasteiger partial charge on any atom is 0.0436 e. The van der Waals surface area contributed by atoms with Crippen LogP contribution in [0.2, 0.25) is 0 Å². The molecule has 3 rings (SSSR count). The third-order valence-electron chi connectivity index (χ3n) is 3.87. The lowest BCUT2D eigenvalue weighted by Gasteiger charge is -2.28. The van der Waals surface area contributed by atoms with E-state index in [0.717, 1.165) is 5.92 Å². The van der Waals surface area contributed by atoms with E-state index in [2.05, 4.69) is 31.2 Å². The van der Waals surface area contributed by atoms with Crippen LogP contribution in [0.4, 0.5) is 0 Å². The minimum absolute atomic E-state index is 0.267. The Hall–Kier alpha value is -0.490. The first-order valence-electron chi connectivity index (χ1n) is 4.95. The summed E-state index contributed by atoms with van der Waals surface area (Å²) in [5.74, 6) is 0.740. The van der Waals surface area contributed by atoms with E-state index in [1.807, 2.05) is 0 Å². The molecule has 3 atom stereocenters. The van der Waals surface area contributed by atoms with Crippen LogP contribution in [0.1, 0.15) is 36.8 Å². The normalized spacial score (nSPS) is 40.8. The van der Waals surface area contributed by atoms with Crippen molar-refractivity contribution in [1.82, 2.24) is 0 Å². The molecule has 13 heavy (non-hydrogen) atoms. The minimum atomic E-state index is 0.267. The summed E-state index contributed by atoms with van der Waals surface area (Å²) < 4.78 is 0. The highest BCUT2D eigenvalue weighted by atomic mass is 35.5. The molecule has 1 heteroatoms. The zero-order chi connectivity index (χ0) is 9.05. The van der Waals surface area contributed by atoms with Gasteiger partial charge in [-0.1, -0.05) is 31.2 Å². The second-order valence-corrected chi connectivity index (χ2v) is 5.14. The summed E-state index contributed by atoms with van der Waals surface area (Å²) in [6.45, 7) is 2.32. The molecule has 1 aromatic rings. The van der Waals surface area contributed by atoms with Gasteiger partial charge in [-0.3, -0.25) is 0 Å². The highest BCUT2D eigenvalue weighted by Crippen LogP contribution is 2.58. The van der Waals surface area contributed by atoms with Crippen LogP contribution < -0.4 is 0 Å². The molecule has 0 nitrogen and oxygen atoms in total. The van der Waals surface area contributed by atoms with Crippen molar-refractivity contribution in [2.45, 2.75) is 36.5 Å². The van der Waals surface area contributed by atoms with E-state index in [4.69, 9.17) is 11.6 Å². The third kappa shape index (κ3) is 0.826. The summed E-state index contributed by atoms with van der Waals surface area (Å²) in [4.78, 5) is 0. The fraction of sp³-hybridized carbons (Fsp3) is 0.500. The predicted molar refractivity (Wildman–Crippen MR) is 55.4 cm³/mol. The van der Waals surface area contributed by atoms with E-state index in [9.17, 15) is 0 Å². The smallest absolute Gasteiger partial charge is 0.0436 e. The van der Waals surface area contributed by atoms with E-state index < -0.39 is 0 Å². The maximum absolute atomic E-state index is 6.38. The lowest BCUT2D eigenvalue weighted by Crippen LogP contribution is -2.27. The number of hydrogen-bond acceptors (Lipinski definition) is 0. The number of halogens is 1. The standard InChI is InChI=1S/C12H13Cl/c1-12-7-8(6-11(12)13)9-4-2-3-5-10(9)12/h2-5,8,11H,6-7H2,1H3. The molecule has 1 aromatic carbocycles. The van der Waals surface area contributed by atoms with Crippen molar-refractivity contribution in [3.05, 3.63) is 35.4 Å². The highest BCUT2D eigenvalue weighted by molar-refractivity contribution is 6.22. The Morgan fingerprint density at radius 2 is 2.15 bits per heavy atom. The molecule has 2 bridgehead atoms. The van der Waals surface area contributed by atoms with Gasteiger partial charge < -0.3 is 0 Å². The van der Waals surface area contributed by atoms with Crippen LogP contribution in [-0.4, -0.2) is 5.38 Å². The van der Waals surface area contributed by atoms with Crippen LogP contribution in [0.5, 0.6) is 0 Å². The largest absolute Gasteiger partial charge is 0.122 e. The van der Waals surface area contributed by atoms with Gasteiger partial charge in [0.1, 0.15) is 0 Å². The average molecular weight is 193 g/mol. The molecule has 0 heterocycles. The molecule has 2 aliphatic rings. The van der Waals surface area contributed by atoms with Gasteiger partial charge in [0, 0.05) is 10.8 Å². The Balaban J connectivity index is 2.24. The van der Waals surface area contributed by atoms with Crippen LogP contribution in [-0.2, 0) is 5.41 Å². The van der Waals surface area contributed by atoms with E-state index in [0.29, 0.717) is 5.38 Å². The number of alkyl halides is 1. The van der Waals surface area contributed by atoms with E-state index in [1.54, 1.807) is 5.56 Å². The SMILES string of the molecule is CC12CC(CC1Cl)c1ccccc12. The molecule has 3 unspecified atom stereocenters. The number of rotatable bonds is 0. The van der Waals surface area contributed by atoms with Gasteiger partial charge in [-0.15, -0.1) is 11.6 Å². The van der Waals surface area contributed by atoms with E-state index in [-0.39, 0.29) is 5.41 Å². The van der Waals surface area contributed by atoms with Gasteiger partial charge in [0.15, 0.2) is 0 Å². The minimum Gasteiger partial charge on any atom is -0.122 e. The molecule has 2 aliphatic carbocycles. The molecule has 1 fully saturated rings. The summed E-state index contributed by atoms with van der Waals surface area (Å²) >= 11 is 6.38. The van der Waals surface area contributed by atoms with Gasteiger partial charge in [0.25, 0.3) is 0 Å². The first kappa shape index (κ1) is 7.87. The number of fused-ring (bicyclic) bond motifs is 5. The van der Waals surface area contributed by atoms with Crippen molar-refractivity contribution in [1.29, 1.82) is 0 Å². The van der Waals surface area contributed by atoms with Crippen molar-refractivity contribution in [2.24, 2.45) is 0 Å². The molecular weight excluding hydrogens is 180 g/mol.